The molecule has 1 aromatic rings. The fourth-order valence-electron chi connectivity index (χ4n) is 1.88. The Bertz CT molecular complexity index is 570. The minimum absolute atomic E-state index is 0.316. The number of allylic oxidation sites excluding steroid dienone is 4. The number of benzene rings is 1. The maximum atomic E-state index is 9.87. The second-order valence-corrected chi connectivity index (χ2v) is 6.23. The molecule has 2 unspecified atom stereocenters. The van der Waals surface area contributed by atoms with Gasteiger partial charge < -0.3 is 5.11 Å². The summed E-state index contributed by atoms with van der Waals surface area (Å²) in [5.74, 6) is 0.681. The fourth-order valence-corrected chi connectivity index (χ4v) is 3.15. The molecule has 1 N–H and O–H groups in total. The van der Waals surface area contributed by atoms with Crippen LogP contribution in [-0.2, 0) is 0 Å². The van der Waals surface area contributed by atoms with Gasteiger partial charge in [0.05, 0.1) is 4.90 Å². The normalized spacial score (nSPS) is 20.7. The summed E-state index contributed by atoms with van der Waals surface area (Å²) in [5, 5.41) is 11.9. The summed E-state index contributed by atoms with van der Waals surface area (Å²) in [4.78, 5) is 0.882. The number of para-hydroxylation sites is 1. The molecule has 1 aliphatic carbocycles. The largest absolute Gasteiger partial charge is 0.507 e. The van der Waals surface area contributed by atoms with E-state index in [1.54, 1.807) is 6.07 Å². The highest BCUT2D eigenvalue weighted by atomic mass is 32.2. The van der Waals surface area contributed by atoms with Crippen molar-refractivity contribution in [2.75, 3.05) is 0 Å². The summed E-state index contributed by atoms with van der Waals surface area (Å²) in [7, 11) is -0.377. The van der Waals surface area contributed by atoms with Crippen LogP contribution in [0.2, 0.25) is 0 Å². The van der Waals surface area contributed by atoms with Crippen LogP contribution in [0.25, 0.3) is 0 Å². The summed E-state index contributed by atoms with van der Waals surface area (Å²) < 4.78 is 4.63. The zero-order valence-electron chi connectivity index (χ0n) is 11.3. The minimum atomic E-state index is -0.377. The van der Waals surface area contributed by atoms with E-state index < -0.39 is 0 Å². The third-order valence-corrected chi connectivity index (χ3v) is 4.59. The number of hydrogen-bond donors (Lipinski definition) is 1. The summed E-state index contributed by atoms with van der Waals surface area (Å²) in [6.45, 7) is 4.09. The lowest BCUT2D eigenvalue weighted by Crippen LogP contribution is -1.99. The van der Waals surface area contributed by atoms with Crippen molar-refractivity contribution >= 4 is 22.3 Å². The topological polar surface area (TPSA) is 32.6 Å². The van der Waals surface area contributed by atoms with E-state index in [4.69, 9.17) is 0 Å². The molecule has 0 aromatic heterocycles. The van der Waals surface area contributed by atoms with E-state index in [0.29, 0.717) is 11.7 Å². The second kappa shape index (κ2) is 6.53. The smallest absolute Gasteiger partial charge is 0.130 e. The molecule has 2 atom stereocenters. The van der Waals surface area contributed by atoms with E-state index in [0.717, 1.165) is 11.3 Å². The molecular formula is C16H19NOS. The molecule has 19 heavy (non-hydrogen) atoms. The molecule has 0 radical (unpaired) electrons. The molecule has 0 spiro atoms. The van der Waals surface area contributed by atoms with Crippen LogP contribution in [0.5, 0.6) is 5.75 Å². The molecule has 100 valence electrons. The van der Waals surface area contributed by atoms with Crippen molar-refractivity contribution in [3.8, 4) is 5.75 Å². The third kappa shape index (κ3) is 3.67. The highest BCUT2D eigenvalue weighted by Gasteiger charge is 2.06. The van der Waals surface area contributed by atoms with E-state index in [1.165, 1.54) is 5.57 Å². The van der Waals surface area contributed by atoms with Crippen LogP contribution in [0.1, 0.15) is 20.3 Å². The van der Waals surface area contributed by atoms with Crippen LogP contribution in [-0.4, -0.2) is 16.7 Å². The van der Waals surface area contributed by atoms with E-state index in [1.807, 2.05) is 36.7 Å². The molecule has 0 amide bonds. The van der Waals surface area contributed by atoms with Crippen LogP contribution in [0, 0.1) is 5.92 Å². The van der Waals surface area contributed by atoms with Gasteiger partial charge in [0.15, 0.2) is 0 Å². The number of rotatable bonds is 3. The van der Waals surface area contributed by atoms with Gasteiger partial charge in [-0.3, -0.25) is 0 Å². The van der Waals surface area contributed by atoms with Gasteiger partial charge in [-0.15, -0.1) is 0 Å². The van der Waals surface area contributed by atoms with Crippen molar-refractivity contribution < 1.29 is 5.11 Å². The number of phenolic OH excluding ortho intramolecular Hbond substituents is 1. The van der Waals surface area contributed by atoms with Gasteiger partial charge in [-0.05, 0) is 48.4 Å². The van der Waals surface area contributed by atoms with Crippen LogP contribution >= 0.6 is 10.7 Å². The molecule has 1 aliphatic rings. The van der Waals surface area contributed by atoms with Gasteiger partial charge in [0.25, 0.3) is 0 Å². The molecule has 0 aliphatic heterocycles. The van der Waals surface area contributed by atoms with E-state index in [9.17, 15) is 5.11 Å². The third-order valence-electron chi connectivity index (χ3n) is 3.00. The highest BCUT2D eigenvalue weighted by Crippen LogP contribution is 2.34. The van der Waals surface area contributed by atoms with Gasteiger partial charge in [-0.25, -0.2) is 4.40 Å². The predicted molar refractivity (Wildman–Crippen MR) is 85.2 cm³/mol. The summed E-state index contributed by atoms with van der Waals surface area (Å²) in [5.41, 5.74) is 1.31. The molecule has 1 aromatic carbocycles. The van der Waals surface area contributed by atoms with E-state index in [2.05, 4.69) is 29.5 Å². The predicted octanol–water partition coefficient (Wildman–Crippen LogP) is 4.35. The van der Waals surface area contributed by atoms with Crippen LogP contribution in [0.15, 0.2) is 57.4 Å². The second-order valence-electron chi connectivity index (χ2n) is 4.48. The lowest BCUT2D eigenvalue weighted by atomic mass is 9.99. The standard InChI is InChI=1S/C16H19NOS/c1-3-19(16-7-5-4-6-15(16)18)17-12-14-10-8-13(2)9-11-14/h3-10,12,14,18H,11H2,1-2H3. The molecule has 2 rings (SSSR count). The number of phenols is 1. The Balaban J connectivity index is 2.13. The van der Waals surface area contributed by atoms with E-state index in [-0.39, 0.29) is 10.7 Å². The Labute approximate surface area is 117 Å². The first-order chi connectivity index (χ1) is 9.20. The van der Waals surface area contributed by atoms with Crippen molar-refractivity contribution in [2.45, 2.75) is 25.2 Å². The first-order valence-corrected chi connectivity index (χ1v) is 7.65. The van der Waals surface area contributed by atoms with Gasteiger partial charge in [-0.2, -0.15) is 0 Å². The van der Waals surface area contributed by atoms with Gasteiger partial charge in [0, 0.05) is 12.1 Å². The van der Waals surface area contributed by atoms with Crippen molar-refractivity contribution in [3.63, 3.8) is 0 Å². The first-order valence-electron chi connectivity index (χ1n) is 6.40. The van der Waals surface area contributed by atoms with Crippen molar-refractivity contribution in [3.05, 3.63) is 48.1 Å². The van der Waals surface area contributed by atoms with Gasteiger partial charge >= 0.3 is 0 Å². The lowest BCUT2D eigenvalue weighted by Gasteiger charge is -2.10. The molecule has 2 nitrogen and oxygen atoms in total. The molecule has 3 heteroatoms. The Kier molecular flexibility index (Phi) is 4.74. The van der Waals surface area contributed by atoms with Crippen molar-refractivity contribution in [1.82, 2.24) is 0 Å². The average molecular weight is 273 g/mol. The minimum Gasteiger partial charge on any atom is -0.507 e. The van der Waals surface area contributed by atoms with Gasteiger partial charge in [-0.1, -0.05) is 35.9 Å². The lowest BCUT2D eigenvalue weighted by molar-refractivity contribution is 0.462. The van der Waals surface area contributed by atoms with Crippen LogP contribution in [0.4, 0.5) is 0 Å². The maximum Gasteiger partial charge on any atom is 0.130 e. The number of aromatic hydroxyl groups is 1. The zero-order chi connectivity index (χ0) is 13.7. The van der Waals surface area contributed by atoms with Gasteiger partial charge in [0.2, 0.25) is 0 Å². The first kappa shape index (κ1) is 13.8. The van der Waals surface area contributed by atoms with Crippen molar-refractivity contribution in [2.24, 2.45) is 10.3 Å². The molecule has 0 bridgehead atoms. The Hall–Kier alpha value is -1.61. The molecular weight excluding hydrogens is 254 g/mol. The molecule has 0 saturated carbocycles. The zero-order valence-corrected chi connectivity index (χ0v) is 12.1. The Morgan fingerprint density at radius 1 is 1.37 bits per heavy atom. The highest BCUT2D eigenvalue weighted by molar-refractivity contribution is 8.14. The quantitative estimate of drug-likeness (QED) is 0.644. The van der Waals surface area contributed by atoms with Gasteiger partial charge in [0.1, 0.15) is 5.75 Å². The van der Waals surface area contributed by atoms with E-state index >= 15 is 0 Å². The summed E-state index contributed by atoms with van der Waals surface area (Å²) >= 11 is 0. The monoisotopic (exact) mass is 273 g/mol. The average Bonchev–Trinajstić information content (AvgIpc) is 2.43. The molecule has 0 fully saturated rings. The summed E-state index contributed by atoms with van der Waals surface area (Å²) in [6, 6.07) is 7.40. The van der Waals surface area contributed by atoms with Crippen LogP contribution < -0.4 is 0 Å². The molecule has 0 heterocycles. The fraction of sp³-hybridized carbons (Fsp3) is 0.250. The van der Waals surface area contributed by atoms with Crippen molar-refractivity contribution in [1.29, 1.82) is 0 Å². The number of nitrogens with zero attached hydrogens (tertiary/aromatic N) is 1. The number of hydrogen-bond acceptors (Lipinski definition) is 2. The molecule has 0 saturated heterocycles. The Morgan fingerprint density at radius 3 is 2.79 bits per heavy atom. The summed E-state index contributed by atoms with van der Waals surface area (Å²) in [6.07, 6.45) is 9.54. The van der Waals surface area contributed by atoms with Crippen LogP contribution in [0.3, 0.4) is 0 Å². The SMILES string of the molecule is C/C=S(/N=CC1C=CC(C)=CC1)c1ccccc1O. The Morgan fingerprint density at radius 2 is 2.16 bits per heavy atom. The maximum absolute atomic E-state index is 9.87.